The van der Waals surface area contributed by atoms with Crippen molar-refractivity contribution in [3.63, 3.8) is 0 Å². The number of hydrogen-bond donors (Lipinski definition) is 0. The van der Waals surface area contributed by atoms with Crippen LogP contribution < -0.4 is 4.74 Å². The van der Waals surface area contributed by atoms with Crippen LogP contribution in [0.4, 0.5) is 0 Å². The summed E-state index contributed by atoms with van der Waals surface area (Å²) >= 11 is 0. The third-order valence-electron chi connectivity index (χ3n) is 6.06. The second kappa shape index (κ2) is 8.03. The Bertz CT molecular complexity index is 815. The quantitative estimate of drug-likeness (QED) is 0.668. The number of aryl methyl sites for hydroxylation is 1. The Morgan fingerprint density at radius 3 is 2.48 bits per heavy atom. The van der Waals surface area contributed by atoms with Gasteiger partial charge >= 0.3 is 0 Å². The van der Waals surface area contributed by atoms with Crippen molar-refractivity contribution in [2.24, 2.45) is 7.05 Å². The number of hydrogen-bond acceptors (Lipinski definition) is 6. The van der Waals surface area contributed by atoms with Gasteiger partial charge in [0.2, 0.25) is 5.88 Å². The first-order valence-corrected chi connectivity index (χ1v) is 10.8. The summed E-state index contributed by atoms with van der Waals surface area (Å²) in [7, 11) is 1.91. The van der Waals surface area contributed by atoms with E-state index in [4.69, 9.17) is 9.72 Å². The van der Waals surface area contributed by atoms with Crippen LogP contribution in [-0.2, 0) is 18.0 Å². The summed E-state index contributed by atoms with van der Waals surface area (Å²) in [6, 6.07) is 4.04. The summed E-state index contributed by atoms with van der Waals surface area (Å²) in [5.74, 6) is 1.67. The normalized spacial score (nSPS) is 20.0. The Morgan fingerprint density at radius 1 is 1.10 bits per heavy atom. The number of piperazine rings is 1. The van der Waals surface area contributed by atoms with E-state index in [1.165, 1.54) is 18.5 Å². The lowest BCUT2D eigenvalue weighted by Gasteiger charge is -2.39. The molecule has 1 saturated carbocycles. The van der Waals surface area contributed by atoms with E-state index in [9.17, 15) is 0 Å². The molecule has 3 heterocycles. The fourth-order valence-electron chi connectivity index (χ4n) is 4.17. The monoisotopic (exact) mass is 398 g/mol. The van der Waals surface area contributed by atoms with Gasteiger partial charge in [0.1, 0.15) is 5.82 Å². The minimum absolute atomic E-state index is 0.0118. The van der Waals surface area contributed by atoms with E-state index in [2.05, 4.69) is 46.7 Å². The van der Waals surface area contributed by atoms with Crippen molar-refractivity contribution >= 4 is 0 Å². The molecular formula is C22H34N6O. The summed E-state index contributed by atoms with van der Waals surface area (Å²) in [5.41, 5.74) is 1.36. The molecule has 1 aliphatic heterocycles. The predicted octanol–water partition coefficient (Wildman–Crippen LogP) is 2.58. The largest absolute Gasteiger partial charge is 0.477 e. The van der Waals surface area contributed by atoms with E-state index in [0.29, 0.717) is 5.88 Å². The Hall–Kier alpha value is -1.99. The molecule has 7 nitrogen and oxygen atoms in total. The van der Waals surface area contributed by atoms with Crippen molar-refractivity contribution in [2.75, 3.05) is 39.3 Å². The molecule has 4 rings (SSSR count). The van der Waals surface area contributed by atoms with Gasteiger partial charge in [-0.25, -0.2) is 9.97 Å². The van der Waals surface area contributed by atoms with E-state index in [1.54, 1.807) is 4.68 Å². The minimum Gasteiger partial charge on any atom is -0.477 e. The highest BCUT2D eigenvalue weighted by molar-refractivity contribution is 5.24. The average Bonchev–Trinajstić information content (AvgIpc) is 3.41. The van der Waals surface area contributed by atoms with Gasteiger partial charge in [-0.1, -0.05) is 20.8 Å². The Labute approximate surface area is 174 Å². The Morgan fingerprint density at radius 2 is 1.86 bits per heavy atom. The third-order valence-corrected chi connectivity index (χ3v) is 6.06. The van der Waals surface area contributed by atoms with Crippen LogP contribution in [0.3, 0.4) is 0 Å². The van der Waals surface area contributed by atoms with Crippen molar-refractivity contribution in [1.82, 2.24) is 29.5 Å². The second-order valence-electron chi connectivity index (χ2n) is 9.41. The summed E-state index contributed by atoms with van der Waals surface area (Å²) in [4.78, 5) is 14.7. The molecule has 0 spiro atoms. The number of rotatable bonds is 7. The SMILES string of the molecule is Cn1ccc(OCCCN2CCN(C3(c4ccnc(C(C)(C)C)n4)CC3)CC2)n1. The van der Waals surface area contributed by atoms with Crippen LogP contribution in [-0.4, -0.2) is 68.9 Å². The van der Waals surface area contributed by atoms with Gasteiger partial charge in [-0.3, -0.25) is 9.58 Å². The van der Waals surface area contributed by atoms with E-state index in [-0.39, 0.29) is 11.0 Å². The zero-order valence-corrected chi connectivity index (χ0v) is 18.3. The summed E-state index contributed by atoms with van der Waals surface area (Å²) < 4.78 is 7.48. The summed E-state index contributed by atoms with van der Waals surface area (Å²) in [6.45, 7) is 12.8. The molecule has 2 aromatic heterocycles. The van der Waals surface area contributed by atoms with Crippen molar-refractivity contribution in [2.45, 2.75) is 51.0 Å². The topological polar surface area (TPSA) is 59.3 Å². The van der Waals surface area contributed by atoms with Gasteiger partial charge < -0.3 is 9.64 Å². The van der Waals surface area contributed by atoms with Gasteiger partial charge in [-0.2, -0.15) is 0 Å². The molecule has 0 atom stereocenters. The van der Waals surface area contributed by atoms with Gasteiger partial charge in [0.15, 0.2) is 0 Å². The van der Waals surface area contributed by atoms with Crippen LogP contribution in [0, 0.1) is 0 Å². The van der Waals surface area contributed by atoms with Crippen LogP contribution in [0.1, 0.15) is 51.6 Å². The molecule has 7 heteroatoms. The zero-order chi connectivity index (χ0) is 20.5. The first-order valence-electron chi connectivity index (χ1n) is 10.8. The lowest BCUT2D eigenvalue weighted by molar-refractivity contribution is 0.0783. The average molecular weight is 399 g/mol. The maximum atomic E-state index is 5.72. The van der Waals surface area contributed by atoms with Gasteiger partial charge in [0.25, 0.3) is 0 Å². The molecule has 0 aromatic carbocycles. The predicted molar refractivity (Wildman–Crippen MR) is 113 cm³/mol. The molecule has 29 heavy (non-hydrogen) atoms. The lowest BCUT2D eigenvalue weighted by Crippen LogP contribution is -2.51. The molecule has 0 radical (unpaired) electrons. The van der Waals surface area contributed by atoms with Crippen LogP contribution in [0.5, 0.6) is 5.88 Å². The Kier molecular flexibility index (Phi) is 5.62. The summed E-state index contributed by atoms with van der Waals surface area (Å²) in [6.07, 6.45) is 7.31. The van der Waals surface area contributed by atoms with Crippen LogP contribution in [0.25, 0.3) is 0 Å². The van der Waals surface area contributed by atoms with Gasteiger partial charge in [-0.15, -0.1) is 5.10 Å². The molecule has 0 unspecified atom stereocenters. The number of aromatic nitrogens is 4. The first-order chi connectivity index (χ1) is 13.9. The molecule has 2 aliphatic rings. The molecule has 1 aliphatic carbocycles. The van der Waals surface area contributed by atoms with Crippen molar-refractivity contribution in [3.8, 4) is 5.88 Å². The number of ether oxygens (including phenoxy) is 1. The smallest absolute Gasteiger partial charge is 0.232 e. The maximum Gasteiger partial charge on any atom is 0.232 e. The van der Waals surface area contributed by atoms with Gasteiger partial charge in [0.05, 0.1) is 17.8 Å². The molecule has 2 aromatic rings. The third kappa shape index (κ3) is 4.61. The standard InChI is InChI=1S/C22H34N6O/c1-21(2,3)20-23-10-6-18(24-20)22(8-9-22)28-15-13-27(14-16-28)11-5-17-29-19-7-12-26(4)25-19/h6-7,10,12H,5,8-9,11,13-17H2,1-4H3. The number of nitrogens with zero attached hydrogens (tertiary/aromatic N) is 6. The fraction of sp³-hybridized carbons (Fsp3) is 0.682. The molecule has 0 N–H and O–H groups in total. The van der Waals surface area contributed by atoms with Crippen molar-refractivity contribution in [1.29, 1.82) is 0 Å². The highest BCUT2D eigenvalue weighted by atomic mass is 16.5. The summed E-state index contributed by atoms with van der Waals surface area (Å²) in [5, 5.41) is 4.25. The first kappa shape index (κ1) is 20.3. The Balaban J connectivity index is 1.26. The van der Waals surface area contributed by atoms with Crippen LogP contribution in [0.15, 0.2) is 24.5 Å². The van der Waals surface area contributed by atoms with Crippen LogP contribution >= 0.6 is 0 Å². The highest BCUT2D eigenvalue weighted by Crippen LogP contribution is 2.50. The van der Waals surface area contributed by atoms with E-state index in [0.717, 1.165) is 51.6 Å². The molecular weight excluding hydrogens is 364 g/mol. The van der Waals surface area contributed by atoms with Crippen LogP contribution in [0.2, 0.25) is 0 Å². The van der Waals surface area contributed by atoms with E-state index < -0.39 is 0 Å². The lowest BCUT2D eigenvalue weighted by atomic mass is 9.95. The second-order valence-corrected chi connectivity index (χ2v) is 9.41. The molecule has 0 bridgehead atoms. The van der Waals surface area contributed by atoms with Gasteiger partial charge in [0, 0.05) is 63.6 Å². The highest BCUT2D eigenvalue weighted by Gasteiger charge is 2.51. The van der Waals surface area contributed by atoms with Gasteiger partial charge in [-0.05, 0) is 25.3 Å². The molecule has 1 saturated heterocycles. The zero-order valence-electron chi connectivity index (χ0n) is 18.3. The molecule has 2 fully saturated rings. The fourth-order valence-corrected chi connectivity index (χ4v) is 4.17. The van der Waals surface area contributed by atoms with E-state index >= 15 is 0 Å². The van der Waals surface area contributed by atoms with Crippen molar-refractivity contribution < 1.29 is 4.74 Å². The van der Waals surface area contributed by atoms with Crippen molar-refractivity contribution in [3.05, 3.63) is 36.0 Å². The van der Waals surface area contributed by atoms with E-state index in [1.807, 2.05) is 25.5 Å². The molecule has 0 amide bonds. The maximum absolute atomic E-state index is 5.72. The minimum atomic E-state index is -0.0118. The molecule has 158 valence electrons.